The molecule has 2 aromatic carbocycles. The van der Waals surface area contributed by atoms with Gasteiger partial charge in [0.1, 0.15) is 11.5 Å². The molecule has 0 radical (unpaired) electrons. The second-order valence-corrected chi connectivity index (χ2v) is 5.26. The summed E-state index contributed by atoms with van der Waals surface area (Å²) in [4.78, 5) is 0. The SMILES string of the molecule is Cc1ccc(C(C)NC(C)c2ccc(O)cc2O)cc1. The lowest BCUT2D eigenvalue weighted by Gasteiger charge is -2.21. The van der Waals surface area contributed by atoms with E-state index in [-0.39, 0.29) is 23.6 Å². The van der Waals surface area contributed by atoms with E-state index < -0.39 is 0 Å². The van der Waals surface area contributed by atoms with Gasteiger partial charge in [-0.1, -0.05) is 35.9 Å². The number of phenols is 2. The summed E-state index contributed by atoms with van der Waals surface area (Å²) in [5.41, 5.74) is 3.23. The number of aryl methyl sites for hydroxylation is 1. The summed E-state index contributed by atoms with van der Waals surface area (Å²) in [5.74, 6) is 0.186. The van der Waals surface area contributed by atoms with Crippen LogP contribution in [-0.2, 0) is 0 Å². The molecule has 3 nitrogen and oxygen atoms in total. The normalized spacial score (nSPS) is 13.9. The topological polar surface area (TPSA) is 52.5 Å². The van der Waals surface area contributed by atoms with Gasteiger partial charge in [-0.3, -0.25) is 0 Å². The minimum absolute atomic E-state index is 0.00750. The van der Waals surface area contributed by atoms with E-state index in [4.69, 9.17) is 0 Å². The van der Waals surface area contributed by atoms with Crippen molar-refractivity contribution in [1.82, 2.24) is 5.32 Å². The van der Waals surface area contributed by atoms with Crippen LogP contribution in [0.15, 0.2) is 42.5 Å². The van der Waals surface area contributed by atoms with Crippen LogP contribution in [0, 0.1) is 6.92 Å². The highest BCUT2D eigenvalue weighted by Crippen LogP contribution is 2.29. The first-order chi connectivity index (χ1) is 9.47. The van der Waals surface area contributed by atoms with Crippen molar-refractivity contribution in [1.29, 1.82) is 0 Å². The van der Waals surface area contributed by atoms with Crippen LogP contribution in [0.2, 0.25) is 0 Å². The molecule has 0 aliphatic rings. The number of phenolic OH excluding ortho intramolecular Hbond substituents is 2. The first kappa shape index (κ1) is 14.4. The minimum Gasteiger partial charge on any atom is -0.508 e. The first-order valence-electron chi connectivity index (χ1n) is 6.82. The van der Waals surface area contributed by atoms with Crippen LogP contribution in [-0.4, -0.2) is 10.2 Å². The summed E-state index contributed by atoms with van der Waals surface area (Å²) in [6, 6.07) is 13.3. The van der Waals surface area contributed by atoms with Gasteiger partial charge in [-0.25, -0.2) is 0 Å². The van der Waals surface area contributed by atoms with E-state index in [0.717, 1.165) is 5.56 Å². The Morgan fingerprint density at radius 3 is 2.15 bits per heavy atom. The number of aromatic hydroxyl groups is 2. The smallest absolute Gasteiger partial charge is 0.124 e. The van der Waals surface area contributed by atoms with Crippen molar-refractivity contribution in [2.45, 2.75) is 32.9 Å². The second kappa shape index (κ2) is 5.97. The van der Waals surface area contributed by atoms with E-state index >= 15 is 0 Å². The maximum absolute atomic E-state index is 9.88. The number of benzene rings is 2. The molecule has 0 saturated heterocycles. The molecular weight excluding hydrogens is 250 g/mol. The molecule has 2 unspecified atom stereocenters. The summed E-state index contributed by atoms with van der Waals surface area (Å²) in [5, 5.41) is 22.7. The largest absolute Gasteiger partial charge is 0.508 e. The Morgan fingerprint density at radius 1 is 0.900 bits per heavy atom. The molecule has 0 aromatic heterocycles. The van der Waals surface area contributed by atoms with Gasteiger partial charge in [0.05, 0.1) is 0 Å². The predicted octanol–water partition coefficient (Wildman–Crippen LogP) is 3.82. The Morgan fingerprint density at radius 2 is 1.55 bits per heavy atom. The zero-order chi connectivity index (χ0) is 14.7. The Labute approximate surface area is 119 Å². The molecule has 2 rings (SSSR count). The summed E-state index contributed by atoms with van der Waals surface area (Å²) in [7, 11) is 0. The zero-order valence-electron chi connectivity index (χ0n) is 12.1. The van der Waals surface area contributed by atoms with Gasteiger partial charge in [-0.05, 0) is 32.4 Å². The molecule has 0 aliphatic carbocycles. The number of nitrogens with one attached hydrogen (secondary N) is 1. The van der Waals surface area contributed by atoms with E-state index in [1.165, 1.54) is 17.2 Å². The molecule has 0 heterocycles. The Hall–Kier alpha value is -2.00. The fourth-order valence-corrected chi connectivity index (χ4v) is 2.31. The van der Waals surface area contributed by atoms with Gasteiger partial charge in [-0.2, -0.15) is 0 Å². The van der Waals surface area contributed by atoms with Crippen LogP contribution in [0.3, 0.4) is 0 Å². The second-order valence-electron chi connectivity index (χ2n) is 5.26. The average molecular weight is 271 g/mol. The first-order valence-corrected chi connectivity index (χ1v) is 6.82. The van der Waals surface area contributed by atoms with Crippen LogP contribution < -0.4 is 5.32 Å². The fraction of sp³-hybridized carbons (Fsp3) is 0.294. The molecule has 106 valence electrons. The Kier molecular flexibility index (Phi) is 4.30. The van der Waals surface area contributed by atoms with Crippen molar-refractivity contribution in [2.75, 3.05) is 0 Å². The molecule has 0 fully saturated rings. The van der Waals surface area contributed by atoms with Gasteiger partial charge < -0.3 is 15.5 Å². The minimum atomic E-state index is -0.00750. The highest BCUT2D eigenvalue weighted by Gasteiger charge is 2.14. The number of rotatable bonds is 4. The molecule has 0 aliphatic heterocycles. The van der Waals surface area contributed by atoms with Crippen LogP contribution in [0.4, 0.5) is 0 Å². The van der Waals surface area contributed by atoms with E-state index in [1.807, 2.05) is 6.92 Å². The standard InChI is InChI=1S/C17H21NO2/c1-11-4-6-14(7-5-11)12(2)18-13(3)16-9-8-15(19)10-17(16)20/h4-10,12-13,18-20H,1-3H3. The van der Waals surface area contributed by atoms with E-state index in [9.17, 15) is 10.2 Å². The van der Waals surface area contributed by atoms with Crippen LogP contribution in [0.1, 0.15) is 42.6 Å². The van der Waals surface area contributed by atoms with Crippen molar-refractivity contribution in [3.63, 3.8) is 0 Å². The highest BCUT2D eigenvalue weighted by molar-refractivity contribution is 5.40. The molecule has 0 spiro atoms. The highest BCUT2D eigenvalue weighted by atomic mass is 16.3. The fourth-order valence-electron chi connectivity index (χ4n) is 2.31. The van der Waals surface area contributed by atoms with Gasteiger partial charge >= 0.3 is 0 Å². The Bertz CT molecular complexity index is 578. The molecule has 2 aromatic rings. The summed E-state index contributed by atoms with van der Waals surface area (Å²) in [6.45, 7) is 6.16. The van der Waals surface area contributed by atoms with E-state index in [1.54, 1.807) is 12.1 Å². The van der Waals surface area contributed by atoms with Crippen molar-refractivity contribution in [2.24, 2.45) is 0 Å². The van der Waals surface area contributed by atoms with Gasteiger partial charge in [-0.15, -0.1) is 0 Å². The predicted molar refractivity (Wildman–Crippen MR) is 80.9 cm³/mol. The number of hydrogen-bond acceptors (Lipinski definition) is 3. The number of hydrogen-bond donors (Lipinski definition) is 3. The molecule has 0 saturated carbocycles. The van der Waals surface area contributed by atoms with Gasteiger partial charge in [0.15, 0.2) is 0 Å². The van der Waals surface area contributed by atoms with Crippen molar-refractivity contribution in [3.8, 4) is 11.5 Å². The quantitative estimate of drug-likeness (QED) is 0.792. The van der Waals surface area contributed by atoms with E-state index in [2.05, 4.69) is 43.4 Å². The third-order valence-corrected chi connectivity index (χ3v) is 3.56. The molecule has 0 amide bonds. The summed E-state index contributed by atoms with van der Waals surface area (Å²) in [6.07, 6.45) is 0. The Balaban J connectivity index is 2.10. The third-order valence-electron chi connectivity index (χ3n) is 3.56. The van der Waals surface area contributed by atoms with Gasteiger partial charge in [0, 0.05) is 23.7 Å². The van der Waals surface area contributed by atoms with Crippen LogP contribution in [0.5, 0.6) is 11.5 Å². The summed E-state index contributed by atoms with van der Waals surface area (Å²) >= 11 is 0. The molecule has 20 heavy (non-hydrogen) atoms. The van der Waals surface area contributed by atoms with Crippen molar-refractivity contribution >= 4 is 0 Å². The average Bonchev–Trinajstić information content (AvgIpc) is 2.39. The maximum Gasteiger partial charge on any atom is 0.124 e. The maximum atomic E-state index is 9.88. The lowest BCUT2D eigenvalue weighted by Crippen LogP contribution is -2.22. The molecular formula is C17H21NO2. The van der Waals surface area contributed by atoms with Gasteiger partial charge in [0.25, 0.3) is 0 Å². The van der Waals surface area contributed by atoms with E-state index in [0.29, 0.717) is 0 Å². The zero-order valence-corrected chi connectivity index (χ0v) is 12.1. The molecule has 2 atom stereocenters. The molecule has 0 bridgehead atoms. The van der Waals surface area contributed by atoms with Crippen LogP contribution >= 0.6 is 0 Å². The lowest BCUT2D eigenvalue weighted by atomic mass is 10.0. The van der Waals surface area contributed by atoms with Crippen molar-refractivity contribution < 1.29 is 10.2 Å². The monoisotopic (exact) mass is 271 g/mol. The van der Waals surface area contributed by atoms with Crippen LogP contribution in [0.25, 0.3) is 0 Å². The summed E-state index contributed by atoms with van der Waals surface area (Å²) < 4.78 is 0. The lowest BCUT2D eigenvalue weighted by molar-refractivity contribution is 0.427. The van der Waals surface area contributed by atoms with Crippen molar-refractivity contribution in [3.05, 3.63) is 59.2 Å². The van der Waals surface area contributed by atoms with Gasteiger partial charge in [0.2, 0.25) is 0 Å². The molecule has 3 heteroatoms. The third kappa shape index (κ3) is 3.31. The molecule has 3 N–H and O–H groups in total.